The van der Waals surface area contributed by atoms with Crippen molar-refractivity contribution in [2.45, 2.75) is 63.6 Å². The van der Waals surface area contributed by atoms with Crippen molar-refractivity contribution < 1.29 is 26.9 Å². The molecule has 2 aliphatic rings. The van der Waals surface area contributed by atoms with E-state index in [0.29, 0.717) is 28.8 Å². The number of nitrogens with one attached hydrogen (secondary N) is 1. The van der Waals surface area contributed by atoms with Crippen LogP contribution in [-0.4, -0.2) is 37.0 Å². The van der Waals surface area contributed by atoms with Gasteiger partial charge >= 0.3 is 6.18 Å². The molecule has 3 heterocycles. The minimum absolute atomic E-state index is 0.0877. The molecule has 8 nitrogen and oxygen atoms in total. The van der Waals surface area contributed by atoms with Crippen LogP contribution in [0.5, 0.6) is 0 Å². The number of carbonyl (C=O) groups is 1. The maximum Gasteiger partial charge on any atom is 0.401 e. The highest BCUT2D eigenvalue weighted by atomic mass is 19.4. The summed E-state index contributed by atoms with van der Waals surface area (Å²) in [6.45, 7) is 3.15. The number of amides is 1. The Hall–Kier alpha value is -4.09. The molecule has 2 fully saturated rings. The quantitative estimate of drug-likeness (QED) is 0.269. The smallest absolute Gasteiger partial charge is 0.358 e. The van der Waals surface area contributed by atoms with Crippen molar-refractivity contribution in [1.29, 1.82) is 0 Å². The number of alkyl halides is 3. The third-order valence-electron chi connectivity index (χ3n) is 7.68. The Balaban J connectivity index is 1.06. The van der Waals surface area contributed by atoms with Gasteiger partial charge in [-0.25, -0.2) is 14.4 Å². The largest absolute Gasteiger partial charge is 0.401 e. The van der Waals surface area contributed by atoms with Gasteiger partial charge < -0.3 is 9.84 Å². The van der Waals surface area contributed by atoms with E-state index in [4.69, 9.17) is 4.52 Å². The summed E-state index contributed by atoms with van der Waals surface area (Å²) in [4.78, 5) is 21.2. The highest BCUT2D eigenvalue weighted by Crippen LogP contribution is 2.59. The average Bonchev–Trinajstić information content (AvgIpc) is 3.76. The maximum absolute atomic E-state index is 14.8. The van der Waals surface area contributed by atoms with Gasteiger partial charge in [0, 0.05) is 43.2 Å². The first-order valence-electron chi connectivity index (χ1n) is 13.0. The number of carbonyl (C=O) groups excluding carboxylic acids is 1. The molecule has 12 heteroatoms. The molecule has 1 amide bonds. The first-order valence-corrected chi connectivity index (χ1v) is 13.0. The van der Waals surface area contributed by atoms with Crippen molar-refractivity contribution in [3.05, 3.63) is 77.6 Å². The third-order valence-corrected chi connectivity index (χ3v) is 7.68. The van der Waals surface area contributed by atoms with Gasteiger partial charge in [0.2, 0.25) is 5.91 Å². The first-order chi connectivity index (χ1) is 19.0. The molecule has 0 unspecified atom stereocenters. The van der Waals surface area contributed by atoms with Crippen LogP contribution in [0.15, 0.2) is 53.6 Å². The number of hydrogen-bond acceptors (Lipinski definition) is 6. The number of nitrogens with zero attached hydrogens (tertiary/aromatic N) is 5. The van der Waals surface area contributed by atoms with Crippen molar-refractivity contribution in [3.8, 4) is 11.1 Å². The predicted molar refractivity (Wildman–Crippen MR) is 136 cm³/mol. The van der Waals surface area contributed by atoms with Gasteiger partial charge in [-0.2, -0.15) is 18.3 Å². The standard InChI is InChI=1S/C28H26F4N6O2/c1-26(4-5-26)16-38-15-17(12-35-38)8-23-33-13-20(14-34-23)18-2-3-19(21(29)9-18)10-25(39)36-24-11-22(40-37-24)27(6-7-27)28(30,31)32/h2-3,9,11-15H,4-8,10,16H2,1H3,(H,36,37,39). The lowest BCUT2D eigenvalue weighted by molar-refractivity contribution is -0.165. The molecule has 4 aromatic rings. The molecule has 0 radical (unpaired) electrons. The van der Waals surface area contributed by atoms with Gasteiger partial charge in [0.1, 0.15) is 17.1 Å². The van der Waals surface area contributed by atoms with E-state index in [1.54, 1.807) is 18.5 Å². The van der Waals surface area contributed by atoms with E-state index >= 15 is 0 Å². The Bertz CT molecular complexity index is 1550. The average molecular weight is 555 g/mol. The summed E-state index contributed by atoms with van der Waals surface area (Å²) in [6.07, 6.45) is 5.08. The lowest BCUT2D eigenvalue weighted by Gasteiger charge is -2.14. The summed E-state index contributed by atoms with van der Waals surface area (Å²) in [5.74, 6) is -1.10. The molecule has 2 saturated carbocycles. The van der Waals surface area contributed by atoms with E-state index in [1.165, 1.54) is 25.0 Å². The highest BCUT2D eigenvalue weighted by Gasteiger charge is 2.66. The van der Waals surface area contributed by atoms with Crippen molar-refractivity contribution in [1.82, 2.24) is 24.9 Å². The van der Waals surface area contributed by atoms with Crippen LogP contribution in [0.4, 0.5) is 23.4 Å². The van der Waals surface area contributed by atoms with E-state index in [2.05, 4.69) is 32.5 Å². The van der Waals surface area contributed by atoms with Crippen LogP contribution in [0, 0.1) is 11.2 Å². The Morgan fingerprint density at radius 1 is 1.07 bits per heavy atom. The summed E-state index contributed by atoms with van der Waals surface area (Å²) < 4.78 is 61.4. The molecule has 0 saturated heterocycles. The molecule has 40 heavy (non-hydrogen) atoms. The van der Waals surface area contributed by atoms with Crippen molar-refractivity contribution >= 4 is 11.7 Å². The van der Waals surface area contributed by atoms with Gasteiger partial charge in [0.25, 0.3) is 0 Å². The van der Waals surface area contributed by atoms with Gasteiger partial charge in [0.15, 0.2) is 11.6 Å². The zero-order valence-electron chi connectivity index (χ0n) is 21.6. The molecule has 6 rings (SSSR count). The molecule has 0 bridgehead atoms. The Morgan fingerprint density at radius 2 is 1.82 bits per heavy atom. The molecule has 0 aliphatic heterocycles. The number of halogens is 4. The fourth-order valence-electron chi connectivity index (χ4n) is 4.71. The van der Waals surface area contributed by atoms with Crippen LogP contribution < -0.4 is 5.32 Å². The molecule has 3 aromatic heterocycles. The monoisotopic (exact) mass is 554 g/mol. The minimum Gasteiger partial charge on any atom is -0.358 e. The topological polar surface area (TPSA) is 98.7 Å². The van der Waals surface area contributed by atoms with E-state index in [0.717, 1.165) is 18.2 Å². The molecule has 0 atom stereocenters. The third kappa shape index (κ3) is 5.34. The summed E-state index contributed by atoms with van der Waals surface area (Å²) in [7, 11) is 0. The highest BCUT2D eigenvalue weighted by molar-refractivity contribution is 5.91. The van der Waals surface area contributed by atoms with E-state index in [-0.39, 0.29) is 36.4 Å². The molecule has 2 aliphatic carbocycles. The van der Waals surface area contributed by atoms with Crippen LogP contribution in [0.3, 0.4) is 0 Å². The molecule has 1 N–H and O–H groups in total. The molecule has 208 valence electrons. The van der Waals surface area contributed by atoms with Crippen LogP contribution in [0.2, 0.25) is 0 Å². The summed E-state index contributed by atoms with van der Waals surface area (Å²) in [5, 5.41) is 10.3. The van der Waals surface area contributed by atoms with E-state index in [9.17, 15) is 22.4 Å². The summed E-state index contributed by atoms with van der Waals surface area (Å²) in [5.41, 5.74) is 0.612. The molecule has 0 spiro atoms. The second-order valence-electron chi connectivity index (χ2n) is 11.1. The maximum atomic E-state index is 14.8. The zero-order valence-corrected chi connectivity index (χ0v) is 21.6. The number of anilines is 1. The summed E-state index contributed by atoms with van der Waals surface area (Å²) >= 11 is 0. The van der Waals surface area contributed by atoms with Gasteiger partial charge in [-0.1, -0.05) is 24.2 Å². The van der Waals surface area contributed by atoms with Gasteiger partial charge in [-0.3, -0.25) is 9.48 Å². The van der Waals surface area contributed by atoms with Crippen molar-refractivity contribution in [2.24, 2.45) is 5.41 Å². The van der Waals surface area contributed by atoms with Crippen molar-refractivity contribution in [3.63, 3.8) is 0 Å². The van der Waals surface area contributed by atoms with Crippen LogP contribution in [0.1, 0.15) is 55.3 Å². The zero-order chi connectivity index (χ0) is 28.1. The first kappa shape index (κ1) is 26.1. The number of aromatic nitrogens is 5. The van der Waals surface area contributed by atoms with E-state index in [1.807, 2.05) is 17.1 Å². The van der Waals surface area contributed by atoms with Gasteiger partial charge in [-0.15, -0.1) is 0 Å². The second kappa shape index (κ2) is 9.53. The fourth-order valence-corrected chi connectivity index (χ4v) is 4.71. The van der Waals surface area contributed by atoms with Gasteiger partial charge in [-0.05, 0) is 53.9 Å². The fraction of sp³-hybridized carbons (Fsp3) is 0.393. The minimum atomic E-state index is -4.46. The van der Waals surface area contributed by atoms with Gasteiger partial charge in [0.05, 0.1) is 12.6 Å². The van der Waals surface area contributed by atoms with Crippen LogP contribution >= 0.6 is 0 Å². The Morgan fingerprint density at radius 3 is 2.48 bits per heavy atom. The lowest BCUT2D eigenvalue weighted by Crippen LogP contribution is -2.28. The molecule has 1 aromatic carbocycles. The Kier molecular flexibility index (Phi) is 6.23. The Labute approximate surface area is 226 Å². The number of benzene rings is 1. The summed E-state index contributed by atoms with van der Waals surface area (Å²) in [6, 6.07) is 5.49. The molecular weight excluding hydrogens is 528 g/mol. The van der Waals surface area contributed by atoms with E-state index < -0.39 is 23.3 Å². The van der Waals surface area contributed by atoms with Crippen LogP contribution in [-0.2, 0) is 29.6 Å². The van der Waals surface area contributed by atoms with Crippen molar-refractivity contribution in [2.75, 3.05) is 5.32 Å². The number of rotatable bonds is 9. The SMILES string of the molecule is CC1(Cn2cc(Cc3ncc(-c4ccc(CC(=O)Nc5cc(C6(C(F)(F)F)CC6)on5)c(F)c4)cn3)cn2)CC1. The predicted octanol–water partition coefficient (Wildman–Crippen LogP) is 5.63. The number of hydrogen-bond donors (Lipinski definition) is 1. The lowest BCUT2D eigenvalue weighted by atomic mass is 10.0. The van der Waals surface area contributed by atoms with Crippen LogP contribution in [0.25, 0.3) is 11.1 Å². The normalized spacial score (nSPS) is 17.0. The molecular formula is C28H26F4N6O2. The second-order valence-corrected chi connectivity index (χ2v) is 11.1.